The lowest BCUT2D eigenvalue weighted by Gasteiger charge is -2.11. The standard InChI is InChI=1S/C19H20N2O5S/c1-3-13(2)20-18(22)12-26-19(23)14-9-10-17(16(11-14)21(24)25)27-15-7-5-4-6-8-15/h4-11,13H,3,12H2,1-2H3,(H,20,22)/t13-/m0/s1. The second-order valence-corrected chi connectivity index (χ2v) is 6.92. The zero-order valence-corrected chi connectivity index (χ0v) is 15.8. The molecule has 0 bridgehead atoms. The Kier molecular flexibility index (Phi) is 7.36. The van der Waals surface area contributed by atoms with Crippen molar-refractivity contribution in [2.45, 2.75) is 36.1 Å². The van der Waals surface area contributed by atoms with E-state index in [9.17, 15) is 19.7 Å². The summed E-state index contributed by atoms with van der Waals surface area (Å²) in [6.07, 6.45) is 0.756. The molecular formula is C19H20N2O5S. The SMILES string of the molecule is CC[C@H](C)NC(=O)COC(=O)c1ccc(Sc2ccccc2)c([N+](=O)[O-])c1. The molecule has 7 nitrogen and oxygen atoms in total. The van der Waals surface area contributed by atoms with Crippen LogP contribution >= 0.6 is 11.8 Å². The van der Waals surface area contributed by atoms with Crippen LogP contribution in [-0.4, -0.2) is 29.4 Å². The van der Waals surface area contributed by atoms with Gasteiger partial charge in [-0.3, -0.25) is 14.9 Å². The normalized spacial score (nSPS) is 11.5. The minimum atomic E-state index is -0.784. The molecular weight excluding hydrogens is 368 g/mol. The van der Waals surface area contributed by atoms with E-state index in [1.54, 1.807) is 0 Å². The van der Waals surface area contributed by atoms with E-state index in [0.29, 0.717) is 4.90 Å². The minimum Gasteiger partial charge on any atom is -0.452 e. The first kappa shape index (κ1) is 20.4. The van der Waals surface area contributed by atoms with Crippen LogP contribution in [0.4, 0.5) is 5.69 Å². The fraction of sp³-hybridized carbons (Fsp3) is 0.263. The molecule has 0 radical (unpaired) electrons. The number of hydrogen-bond donors (Lipinski definition) is 1. The highest BCUT2D eigenvalue weighted by Crippen LogP contribution is 2.35. The third-order valence-corrected chi connectivity index (χ3v) is 4.79. The van der Waals surface area contributed by atoms with E-state index in [2.05, 4.69) is 5.32 Å². The van der Waals surface area contributed by atoms with E-state index < -0.39 is 23.4 Å². The molecule has 0 aliphatic carbocycles. The average Bonchev–Trinajstić information content (AvgIpc) is 2.66. The highest BCUT2D eigenvalue weighted by atomic mass is 32.2. The van der Waals surface area contributed by atoms with Gasteiger partial charge in [-0.05, 0) is 37.6 Å². The lowest BCUT2D eigenvalue weighted by atomic mass is 10.2. The third kappa shape index (κ3) is 6.10. The summed E-state index contributed by atoms with van der Waals surface area (Å²) in [6, 6.07) is 13.3. The fourth-order valence-corrected chi connectivity index (χ4v) is 3.04. The first-order valence-electron chi connectivity index (χ1n) is 8.38. The van der Waals surface area contributed by atoms with Crippen molar-refractivity contribution in [1.29, 1.82) is 0 Å². The van der Waals surface area contributed by atoms with Gasteiger partial charge in [0.1, 0.15) is 0 Å². The van der Waals surface area contributed by atoms with Gasteiger partial charge in [-0.2, -0.15) is 0 Å². The summed E-state index contributed by atoms with van der Waals surface area (Å²) in [6.45, 7) is 3.33. The number of hydrogen-bond acceptors (Lipinski definition) is 6. The molecule has 8 heteroatoms. The van der Waals surface area contributed by atoms with Crippen LogP contribution in [0, 0.1) is 10.1 Å². The number of carbonyl (C=O) groups is 2. The maximum absolute atomic E-state index is 12.1. The Labute approximate surface area is 161 Å². The number of nitrogens with one attached hydrogen (secondary N) is 1. The molecule has 0 saturated carbocycles. The van der Waals surface area contributed by atoms with E-state index in [1.165, 1.54) is 30.0 Å². The molecule has 1 N–H and O–H groups in total. The predicted molar refractivity (Wildman–Crippen MR) is 102 cm³/mol. The Morgan fingerprint density at radius 3 is 2.56 bits per heavy atom. The highest BCUT2D eigenvalue weighted by Gasteiger charge is 2.20. The summed E-state index contributed by atoms with van der Waals surface area (Å²) in [5.74, 6) is -1.20. The van der Waals surface area contributed by atoms with Crippen LogP contribution in [0.5, 0.6) is 0 Å². The number of amides is 1. The van der Waals surface area contributed by atoms with Gasteiger partial charge in [-0.1, -0.05) is 36.9 Å². The van der Waals surface area contributed by atoms with Gasteiger partial charge in [0.25, 0.3) is 11.6 Å². The molecule has 0 aliphatic heterocycles. The molecule has 0 spiro atoms. The summed E-state index contributed by atoms with van der Waals surface area (Å²) in [5, 5.41) is 14.1. The monoisotopic (exact) mass is 388 g/mol. The molecule has 2 aromatic rings. The lowest BCUT2D eigenvalue weighted by molar-refractivity contribution is -0.387. The van der Waals surface area contributed by atoms with Crippen molar-refractivity contribution < 1.29 is 19.2 Å². The Bertz CT molecular complexity index is 826. The third-order valence-electron chi connectivity index (χ3n) is 3.72. The minimum absolute atomic E-state index is 0.0217. The first-order valence-corrected chi connectivity index (χ1v) is 9.20. The van der Waals surface area contributed by atoms with E-state index in [-0.39, 0.29) is 17.3 Å². The molecule has 0 aliphatic rings. The topological polar surface area (TPSA) is 98.5 Å². The van der Waals surface area contributed by atoms with Gasteiger partial charge in [0.15, 0.2) is 6.61 Å². The average molecular weight is 388 g/mol. The summed E-state index contributed by atoms with van der Waals surface area (Å²) in [4.78, 5) is 35.9. The summed E-state index contributed by atoms with van der Waals surface area (Å²) >= 11 is 1.23. The van der Waals surface area contributed by atoms with Gasteiger partial charge in [0, 0.05) is 17.0 Å². The Morgan fingerprint density at radius 1 is 1.22 bits per heavy atom. The summed E-state index contributed by atoms with van der Waals surface area (Å²) in [7, 11) is 0. The maximum atomic E-state index is 12.1. The van der Waals surface area contributed by atoms with Gasteiger partial charge in [0.05, 0.1) is 15.4 Å². The van der Waals surface area contributed by atoms with Crippen LogP contribution in [0.3, 0.4) is 0 Å². The molecule has 2 aromatic carbocycles. The molecule has 27 heavy (non-hydrogen) atoms. The zero-order valence-electron chi connectivity index (χ0n) is 15.0. The quantitative estimate of drug-likeness (QED) is 0.419. The van der Waals surface area contributed by atoms with E-state index in [4.69, 9.17) is 4.74 Å². The Hall–Kier alpha value is -2.87. The molecule has 2 rings (SSSR count). The highest BCUT2D eigenvalue weighted by molar-refractivity contribution is 7.99. The fourth-order valence-electron chi connectivity index (χ4n) is 2.12. The molecule has 0 saturated heterocycles. The number of nitro benzene ring substituents is 1. The van der Waals surface area contributed by atoms with Crippen molar-refractivity contribution >= 4 is 29.3 Å². The summed E-state index contributed by atoms with van der Waals surface area (Å²) in [5.41, 5.74) is -0.169. The number of benzene rings is 2. The number of ether oxygens (including phenoxy) is 1. The van der Waals surface area contributed by atoms with Gasteiger partial charge in [0.2, 0.25) is 0 Å². The van der Waals surface area contributed by atoms with Crippen molar-refractivity contribution in [3.63, 3.8) is 0 Å². The number of nitrogens with zero attached hydrogens (tertiary/aromatic N) is 1. The largest absolute Gasteiger partial charge is 0.452 e. The van der Waals surface area contributed by atoms with Crippen molar-refractivity contribution in [1.82, 2.24) is 5.32 Å². The van der Waals surface area contributed by atoms with Gasteiger partial charge < -0.3 is 10.1 Å². The number of esters is 1. The van der Waals surface area contributed by atoms with Crippen molar-refractivity contribution in [2.24, 2.45) is 0 Å². The van der Waals surface area contributed by atoms with Crippen LogP contribution < -0.4 is 5.32 Å². The molecule has 1 atom stereocenters. The predicted octanol–water partition coefficient (Wildman–Crippen LogP) is 3.82. The molecule has 1 amide bonds. The van der Waals surface area contributed by atoms with Crippen molar-refractivity contribution in [3.8, 4) is 0 Å². The van der Waals surface area contributed by atoms with Crippen LogP contribution in [0.15, 0.2) is 58.3 Å². The van der Waals surface area contributed by atoms with E-state index in [0.717, 1.165) is 11.3 Å². The van der Waals surface area contributed by atoms with Crippen LogP contribution in [0.25, 0.3) is 0 Å². The smallest absolute Gasteiger partial charge is 0.338 e. The number of rotatable bonds is 8. The molecule has 0 heterocycles. The van der Waals surface area contributed by atoms with Gasteiger partial charge in [-0.15, -0.1) is 0 Å². The van der Waals surface area contributed by atoms with E-state index in [1.807, 2.05) is 44.2 Å². The number of carbonyl (C=O) groups excluding carboxylic acids is 2. The molecule has 142 valence electrons. The van der Waals surface area contributed by atoms with Gasteiger partial charge in [-0.25, -0.2) is 4.79 Å². The zero-order chi connectivity index (χ0) is 19.8. The van der Waals surface area contributed by atoms with Gasteiger partial charge >= 0.3 is 5.97 Å². The Morgan fingerprint density at radius 2 is 1.93 bits per heavy atom. The molecule has 0 aromatic heterocycles. The number of nitro groups is 1. The second kappa shape index (κ2) is 9.72. The molecule has 0 fully saturated rings. The lowest BCUT2D eigenvalue weighted by Crippen LogP contribution is -2.35. The molecule has 0 unspecified atom stereocenters. The first-order chi connectivity index (χ1) is 12.9. The summed E-state index contributed by atoms with van der Waals surface area (Å²) < 4.78 is 4.95. The van der Waals surface area contributed by atoms with Crippen LogP contribution in [0.2, 0.25) is 0 Å². The van der Waals surface area contributed by atoms with Crippen LogP contribution in [-0.2, 0) is 9.53 Å². The second-order valence-electron chi connectivity index (χ2n) is 5.81. The maximum Gasteiger partial charge on any atom is 0.338 e. The Balaban J connectivity index is 2.09. The van der Waals surface area contributed by atoms with E-state index >= 15 is 0 Å². The van der Waals surface area contributed by atoms with Crippen molar-refractivity contribution in [3.05, 3.63) is 64.2 Å². The van der Waals surface area contributed by atoms with Crippen LogP contribution in [0.1, 0.15) is 30.6 Å². The van der Waals surface area contributed by atoms with Crippen molar-refractivity contribution in [2.75, 3.05) is 6.61 Å².